The van der Waals surface area contributed by atoms with Crippen molar-refractivity contribution in [3.05, 3.63) is 29.8 Å². The SMILES string of the molecule is C[C@@H](Sc1cc(F)ccc1F)C(=O)N[C@H]1CCS(=O)(=O)C1. The highest BCUT2D eigenvalue weighted by Gasteiger charge is 2.30. The van der Waals surface area contributed by atoms with E-state index in [1.54, 1.807) is 6.92 Å². The molecular formula is C13H15F2NO3S2. The van der Waals surface area contributed by atoms with Gasteiger partial charge in [0.25, 0.3) is 0 Å². The van der Waals surface area contributed by atoms with Crippen molar-refractivity contribution in [1.29, 1.82) is 0 Å². The van der Waals surface area contributed by atoms with E-state index in [1.807, 2.05) is 0 Å². The third kappa shape index (κ3) is 4.41. The van der Waals surface area contributed by atoms with Crippen LogP contribution in [0.1, 0.15) is 13.3 Å². The van der Waals surface area contributed by atoms with Gasteiger partial charge in [-0.1, -0.05) is 0 Å². The summed E-state index contributed by atoms with van der Waals surface area (Å²) in [7, 11) is -3.07. The highest BCUT2D eigenvalue weighted by atomic mass is 32.2. The van der Waals surface area contributed by atoms with Gasteiger partial charge < -0.3 is 5.32 Å². The normalized spacial score (nSPS) is 22.0. The van der Waals surface area contributed by atoms with Crippen molar-refractivity contribution in [2.75, 3.05) is 11.5 Å². The molecule has 0 saturated carbocycles. The molecule has 21 heavy (non-hydrogen) atoms. The highest BCUT2D eigenvalue weighted by Crippen LogP contribution is 2.27. The number of benzene rings is 1. The third-order valence-electron chi connectivity index (χ3n) is 3.15. The molecule has 1 aromatic carbocycles. The van der Waals surface area contributed by atoms with Crippen molar-refractivity contribution in [2.45, 2.75) is 29.5 Å². The predicted octanol–water partition coefficient (Wildman–Crippen LogP) is 1.75. The van der Waals surface area contributed by atoms with Crippen LogP contribution in [-0.4, -0.2) is 37.1 Å². The molecule has 0 aliphatic carbocycles. The van der Waals surface area contributed by atoms with Crippen LogP contribution in [0.4, 0.5) is 8.78 Å². The van der Waals surface area contributed by atoms with Gasteiger partial charge in [0.15, 0.2) is 9.84 Å². The summed E-state index contributed by atoms with van der Waals surface area (Å²) in [4.78, 5) is 12.0. The average molecular weight is 335 g/mol. The molecule has 0 bridgehead atoms. The van der Waals surface area contributed by atoms with Crippen LogP contribution in [0.3, 0.4) is 0 Å². The van der Waals surface area contributed by atoms with Crippen LogP contribution < -0.4 is 5.32 Å². The van der Waals surface area contributed by atoms with E-state index in [4.69, 9.17) is 0 Å². The maximum atomic E-state index is 13.5. The molecule has 0 aromatic heterocycles. The lowest BCUT2D eigenvalue weighted by molar-refractivity contribution is -0.120. The molecule has 8 heteroatoms. The molecule has 1 aromatic rings. The Morgan fingerprint density at radius 3 is 2.76 bits per heavy atom. The van der Waals surface area contributed by atoms with Gasteiger partial charge in [-0.2, -0.15) is 0 Å². The summed E-state index contributed by atoms with van der Waals surface area (Å²) in [5.41, 5.74) is 0. The molecular weight excluding hydrogens is 320 g/mol. The van der Waals surface area contributed by atoms with Crippen LogP contribution >= 0.6 is 11.8 Å². The van der Waals surface area contributed by atoms with Crippen molar-refractivity contribution in [2.24, 2.45) is 0 Å². The van der Waals surface area contributed by atoms with Gasteiger partial charge in [-0.3, -0.25) is 4.79 Å². The summed E-state index contributed by atoms with van der Waals surface area (Å²) < 4.78 is 49.2. The van der Waals surface area contributed by atoms with Crippen molar-refractivity contribution in [3.8, 4) is 0 Å². The van der Waals surface area contributed by atoms with Crippen molar-refractivity contribution in [1.82, 2.24) is 5.32 Å². The molecule has 1 saturated heterocycles. The summed E-state index contributed by atoms with van der Waals surface area (Å²) in [5, 5.41) is 1.98. The standard InChI is InChI=1S/C13H15F2NO3S2/c1-8(20-12-6-9(14)2-3-11(12)15)13(17)16-10-4-5-21(18,19)7-10/h2-3,6,8,10H,4-5,7H2,1H3,(H,16,17)/t8-,10+/m1/s1. The summed E-state index contributed by atoms with van der Waals surface area (Å²) in [5.74, 6) is -1.55. The van der Waals surface area contributed by atoms with Crippen LogP contribution in [0, 0.1) is 11.6 Å². The molecule has 116 valence electrons. The van der Waals surface area contributed by atoms with E-state index in [9.17, 15) is 22.0 Å². The van der Waals surface area contributed by atoms with Crippen molar-refractivity contribution >= 4 is 27.5 Å². The van der Waals surface area contributed by atoms with Gasteiger partial charge in [-0.25, -0.2) is 17.2 Å². The Kier molecular flexibility index (Phi) is 4.88. The smallest absolute Gasteiger partial charge is 0.233 e. The monoisotopic (exact) mass is 335 g/mol. The fourth-order valence-electron chi connectivity index (χ4n) is 2.04. The first-order valence-electron chi connectivity index (χ1n) is 6.39. The molecule has 2 atom stereocenters. The number of amides is 1. The lowest BCUT2D eigenvalue weighted by Crippen LogP contribution is -2.39. The molecule has 0 unspecified atom stereocenters. The topological polar surface area (TPSA) is 63.2 Å². The lowest BCUT2D eigenvalue weighted by atomic mass is 10.2. The second-order valence-electron chi connectivity index (χ2n) is 4.94. The zero-order valence-electron chi connectivity index (χ0n) is 11.3. The second-order valence-corrected chi connectivity index (χ2v) is 8.55. The minimum absolute atomic E-state index is 0.0525. The minimum Gasteiger partial charge on any atom is -0.351 e. The maximum Gasteiger partial charge on any atom is 0.233 e. The molecule has 0 radical (unpaired) electrons. The quantitative estimate of drug-likeness (QED) is 0.852. The van der Waals surface area contributed by atoms with Crippen LogP contribution in [0.2, 0.25) is 0 Å². The van der Waals surface area contributed by atoms with E-state index < -0.39 is 32.8 Å². The van der Waals surface area contributed by atoms with E-state index in [-0.39, 0.29) is 22.3 Å². The maximum absolute atomic E-state index is 13.5. The Morgan fingerprint density at radius 1 is 1.43 bits per heavy atom. The first-order valence-corrected chi connectivity index (χ1v) is 9.09. The highest BCUT2D eigenvalue weighted by molar-refractivity contribution is 8.00. The zero-order valence-corrected chi connectivity index (χ0v) is 12.9. The molecule has 1 fully saturated rings. The number of carbonyl (C=O) groups is 1. The van der Waals surface area contributed by atoms with Crippen LogP contribution in [-0.2, 0) is 14.6 Å². The molecule has 1 amide bonds. The van der Waals surface area contributed by atoms with Crippen LogP contribution in [0.15, 0.2) is 23.1 Å². The molecule has 1 N–H and O–H groups in total. The largest absolute Gasteiger partial charge is 0.351 e. The lowest BCUT2D eigenvalue weighted by Gasteiger charge is -2.16. The van der Waals surface area contributed by atoms with Crippen LogP contribution in [0.5, 0.6) is 0 Å². The molecule has 1 aliphatic heterocycles. The van der Waals surface area contributed by atoms with Gasteiger partial charge in [0, 0.05) is 10.9 Å². The van der Waals surface area contributed by atoms with Crippen molar-refractivity contribution < 1.29 is 22.0 Å². The molecule has 0 spiro atoms. The summed E-state index contributed by atoms with van der Waals surface area (Å²) in [6.45, 7) is 1.56. The summed E-state index contributed by atoms with van der Waals surface area (Å²) in [6, 6.07) is 2.64. The Bertz CT molecular complexity index is 649. The Morgan fingerprint density at radius 2 is 2.14 bits per heavy atom. The average Bonchev–Trinajstić information content (AvgIpc) is 2.73. The molecule has 1 aliphatic rings. The van der Waals surface area contributed by atoms with Gasteiger partial charge >= 0.3 is 0 Å². The number of thioether (sulfide) groups is 1. The van der Waals surface area contributed by atoms with Gasteiger partial charge in [0.05, 0.1) is 16.8 Å². The summed E-state index contributed by atoms with van der Waals surface area (Å²) in [6.07, 6.45) is 0.389. The first kappa shape index (κ1) is 16.2. The predicted molar refractivity (Wildman–Crippen MR) is 76.9 cm³/mol. The van der Waals surface area contributed by atoms with Gasteiger partial charge in [-0.15, -0.1) is 11.8 Å². The molecule has 1 heterocycles. The number of sulfone groups is 1. The van der Waals surface area contributed by atoms with E-state index in [0.717, 1.165) is 30.0 Å². The zero-order chi connectivity index (χ0) is 15.6. The van der Waals surface area contributed by atoms with Gasteiger partial charge in [0.1, 0.15) is 11.6 Å². The Balaban J connectivity index is 1.95. The third-order valence-corrected chi connectivity index (χ3v) is 6.05. The number of nitrogens with one attached hydrogen (secondary N) is 1. The minimum atomic E-state index is -3.07. The molecule has 4 nitrogen and oxygen atoms in total. The van der Waals surface area contributed by atoms with Gasteiger partial charge in [-0.05, 0) is 31.5 Å². The number of halogens is 2. The fraction of sp³-hybridized carbons (Fsp3) is 0.462. The van der Waals surface area contributed by atoms with Crippen LogP contribution in [0.25, 0.3) is 0 Å². The fourth-order valence-corrected chi connectivity index (χ4v) is 4.63. The van der Waals surface area contributed by atoms with E-state index in [0.29, 0.717) is 6.42 Å². The Labute approximate surface area is 126 Å². The number of rotatable bonds is 4. The van der Waals surface area contributed by atoms with Crippen molar-refractivity contribution in [3.63, 3.8) is 0 Å². The number of hydrogen-bond acceptors (Lipinski definition) is 4. The van der Waals surface area contributed by atoms with E-state index in [1.165, 1.54) is 0 Å². The second kappa shape index (κ2) is 6.31. The number of hydrogen-bond donors (Lipinski definition) is 1. The summed E-state index contributed by atoms with van der Waals surface area (Å²) >= 11 is 0.899. The van der Waals surface area contributed by atoms with E-state index in [2.05, 4.69) is 5.32 Å². The molecule has 2 rings (SSSR count). The number of carbonyl (C=O) groups excluding carboxylic acids is 1. The Hall–Kier alpha value is -1.15. The van der Waals surface area contributed by atoms with E-state index >= 15 is 0 Å². The first-order chi connectivity index (χ1) is 9.77. The van der Waals surface area contributed by atoms with Gasteiger partial charge in [0.2, 0.25) is 5.91 Å².